The predicted molar refractivity (Wildman–Crippen MR) is 69.5 cm³/mol. The Morgan fingerprint density at radius 2 is 2.31 bits per heavy atom. The summed E-state index contributed by atoms with van der Waals surface area (Å²) in [6.07, 6.45) is 2.46. The van der Waals surface area contributed by atoms with Crippen molar-refractivity contribution in [1.82, 2.24) is 5.32 Å². The van der Waals surface area contributed by atoms with Crippen molar-refractivity contribution in [3.05, 3.63) is 29.8 Å². The molecule has 1 fully saturated rings. The van der Waals surface area contributed by atoms with Crippen molar-refractivity contribution < 1.29 is 4.74 Å². The van der Waals surface area contributed by atoms with Crippen LogP contribution in [0.1, 0.15) is 18.4 Å². The van der Waals surface area contributed by atoms with Crippen molar-refractivity contribution in [3.8, 4) is 0 Å². The van der Waals surface area contributed by atoms with Crippen LogP contribution >= 0.6 is 12.2 Å². The average molecular weight is 236 g/mol. The number of thiocarbonyl (C=S) groups is 1. The topological polar surface area (TPSA) is 33.3 Å². The number of ether oxygens (including phenoxy) is 1. The summed E-state index contributed by atoms with van der Waals surface area (Å²) in [4.78, 5) is 0. The molecule has 0 unspecified atom stereocenters. The van der Waals surface area contributed by atoms with Crippen LogP contribution in [0, 0.1) is 0 Å². The van der Waals surface area contributed by atoms with Gasteiger partial charge in [0.25, 0.3) is 0 Å². The molecule has 0 radical (unpaired) electrons. The van der Waals surface area contributed by atoms with Crippen molar-refractivity contribution in [3.63, 3.8) is 0 Å². The van der Waals surface area contributed by atoms with Crippen LogP contribution in [0.3, 0.4) is 0 Å². The van der Waals surface area contributed by atoms with E-state index >= 15 is 0 Å². The molecule has 3 nitrogen and oxygen atoms in total. The first kappa shape index (κ1) is 11.4. The second kappa shape index (κ2) is 5.27. The molecule has 0 aliphatic heterocycles. The Bertz CT molecular complexity index is 377. The summed E-state index contributed by atoms with van der Waals surface area (Å²) >= 11 is 5.21. The Labute approximate surface area is 101 Å². The molecule has 1 aromatic carbocycles. The largest absolute Gasteiger partial charge is 0.380 e. The number of hydrogen-bond donors (Lipinski definition) is 2. The minimum Gasteiger partial charge on any atom is -0.380 e. The molecular formula is C12H16N2OS. The Kier molecular flexibility index (Phi) is 3.74. The third-order valence-corrected chi connectivity index (χ3v) is 2.63. The summed E-state index contributed by atoms with van der Waals surface area (Å²) in [5.74, 6) is 0. The molecule has 1 saturated carbocycles. The number of anilines is 1. The van der Waals surface area contributed by atoms with Crippen LogP contribution in [0.2, 0.25) is 0 Å². The van der Waals surface area contributed by atoms with E-state index < -0.39 is 0 Å². The highest BCUT2D eigenvalue weighted by Gasteiger charge is 2.21. The molecule has 4 heteroatoms. The maximum atomic E-state index is 5.21. The first-order valence-electron chi connectivity index (χ1n) is 5.43. The molecule has 16 heavy (non-hydrogen) atoms. The summed E-state index contributed by atoms with van der Waals surface area (Å²) in [5, 5.41) is 7.13. The number of benzene rings is 1. The van der Waals surface area contributed by atoms with Crippen molar-refractivity contribution in [1.29, 1.82) is 0 Å². The summed E-state index contributed by atoms with van der Waals surface area (Å²) < 4.78 is 5.09. The van der Waals surface area contributed by atoms with Crippen LogP contribution in [0.15, 0.2) is 24.3 Å². The summed E-state index contributed by atoms with van der Waals surface area (Å²) in [6, 6.07) is 8.66. The molecule has 1 aromatic rings. The predicted octanol–water partition coefficient (Wildman–Crippen LogP) is 2.28. The van der Waals surface area contributed by atoms with Gasteiger partial charge in [-0.3, -0.25) is 0 Å². The van der Waals surface area contributed by atoms with E-state index in [2.05, 4.69) is 10.6 Å². The molecule has 86 valence electrons. The zero-order valence-electron chi connectivity index (χ0n) is 9.32. The molecular weight excluding hydrogens is 220 g/mol. The summed E-state index contributed by atoms with van der Waals surface area (Å²) in [6.45, 7) is 0.623. The molecule has 0 bridgehead atoms. The monoisotopic (exact) mass is 236 g/mol. The highest BCUT2D eigenvalue weighted by Crippen LogP contribution is 2.19. The van der Waals surface area contributed by atoms with E-state index in [9.17, 15) is 0 Å². The standard InChI is InChI=1S/C12H16N2OS/c1-15-8-9-3-2-4-11(7-9)14-12(16)13-10-5-6-10/h2-4,7,10H,5-6,8H2,1H3,(H2,13,14,16). The molecule has 0 spiro atoms. The zero-order valence-corrected chi connectivity index (χ0v) is 10.1. The van der Waals surface area contributed by atoms with Gasteiger partial charge in [-0.1, -0.05) is 12.1 Å². The Morgan fingerprint density at radius 3 is 3.00 bits per heavy atom. The Balaban J connectivity index is 1.91. The maximum Gasteiger partial charge on any atom is 0.170 e. The van der Waals surface area contributed by atoms with Crippen molar-refractivity contribution >= 4 is 23.0 Å². The Hall–Kier alpha value is -1.13. The van der Waals surface area contributed by atoms with E-state index in [0.29, 0.717) is 17.8 Å². The third-order valence-electron chi connectivity index (χ3n) is 2.41. The van der Waals surface area contributed by atoms with Crippen molar-refractivity contribution in [2.45, 2.75) is 25.5 Å². The van der Waals surface area contributed by atoms with Gasteiger partial charge in [0, 0.05) is 18.8 Å². The van der Waals surface area contributed by atoms with Crippen LogP contribution in [0.4, 0.5) is 5.69 Å². The van der Waals surface area contributed by atoms with Gasteiger partial charge in [-0.05, 0) is 42.8 Å². The molecule has 2 N–H and O–H groups in total. The SMILES string of the molecule is COCc1cccc(NC(=S)NC2CC2)c1. The van der Waals surface area contributed by atoms with Crippen LogP contribution in [-0.4, -0.2) is 18.3 Å². The molecule has 0 aromatic heterocycles. The van der Waals surface area contributed by atoms with Crippen LogP contribution < -0.4 is 10.6 Å². The molecule has 1 aliphatic carbocycles. The number of rotatable bonds is 4. The second-order valence-electron chi connectivity index (χ2n) is 4.01. The maximum absolute atomic E-state index is 5.21. The van der Waals surface area contributed by atoms with Crippen molar-refractivity contribution in [2.24, 2.45) is 0 Å². The first-order chi connectivity index (χ1) is 7.78. The fourth-order valence-electron chi connectivity index (χ4n) is 1.49. The fourth-order valence-corrected chi connectivity index (χ4v) is 1.77. The third kappa shape index (κ3) is 3.47. The average Bonchev–Trinajstić information content (AvgIpc) is 3.02. The van der Waals surface area contributed by atoms with Gasteiger partial charge in [0.2, 0.25) is 0 Å². The van der Waals surface area contributed by atoms with E-state index in [1.807, 2.05) is 24.3 Å². The van der Waals surface area contributed by atoms with Crippen LogP contribution in [0.25, 0.3) is 0 Å². The molecule has 0 amide bonds. The second-order valence-corrected chi connectivity index (χ2v) is 4.41. The fraction of sp³-hybridized carbons (Fsp3) is 0.417. The summed E-state index contributed by atoms with van der Waals surface area (Å²) in [5.41, 5.74) is 2.15. The minimum absolute atomic E-state index is 0.585. The van der Waals surface area contributed by atoms with E-state index in [-0.39, 0.29) is 0 Å². The first-order valence-corrected chi connectivity index (χ1v) is 5.84. The molecule has 0 atom stereocenters. The van der Waals surface area contributed by atoms with Crippen LogP contribution in [0.5, 0.6) is 0 Å². The lowest BCUT2D eigenvalue weighted by Gasteiger charge is -2.10. The zero-order chi connectivity index (χ0) is 11.4. The van der Waals surface area contributed by atoms with Gasteiger partial charge < -0.3 is 15.4 Å². The number of methoxy groups -OCH3 is 1. The molecule has 1 aliphatic rings. The highest BCUT2D eigenvalue weighted by molar-refractivity contribution is 7.80. The van der Waals surface area contributed by atoms with Gasteiger partial charge in [0.05, 0.1) is 6.61 Å². The van der Waals surface area contributed by atoms with Crippen molar-refractivity contribution in [2.75, 3.05) is 12.4 Å². The minimum atomic E-state index is 0.585. The summed E-state index contributed by atoms with van der Waals surface area (Å²) in [7, 11) is 1.69. The quantitative estimate of drug-likeness (QED) is 0.786. The lowest BCUT2D eigenvalue weighted by atomic mass is 10.2. The van der Waals surface area contributed by atoms with E-state index in [4.69, 9.17) is 17.0 Å². The molecule has 0 saturated heterocycles. The normalized spacial score (nSPS) is 14.6. The van der Waals surface area contributed by atoms with Gasteiger partial charge >= 0.3 is 0 Å². The lowest BCUT2D eigenvalue weighted by molar-refractivity contribution is 0.185. The van der Waals surface area contributed by atoms with Gasteiger partial charge in [-0.2, -0.15) is 0 Å². The van der Waals surface area contributed by atoms with Crippen LogP contribution in [-0.2, 0) is 11.3 Å². The van der Waals surface area contributed by atoms with Gasteiger partial charge in [-0.25, -0.2) is 0 Å². The number of nitrogens with one attached hydrogen (secondary N) is 2. The molecule has 0 heterocycles. The molecule has 2 rings (SSSR count). The van der Waals surface area contributed by atoms with Gasteiger partial charge in [0.1, 0.15) is 0 Å². The highest BCUT2D eigenvalue weighted by atomic mass is 32.1. The van der Waals surface area contributed by atoms with E-state index in [1.54, 1.807) is 7.11 Å². The van der Waals surface area contributed by atoms with E-state index in [0.717, 1.165) is 11.3 Å². The smallest absolute Gasteiger partial charge is 0.170 e. The lowest BCUT2D eigenvalue weighted by Crippen LogP contribution is -2.30. The van der Waals surface area contributed by atoms with Gasteiger partial charge in [0.15, 0.2) is 5.11 Å². The Morgan fingerprint density at radius 1 is 1.50 bits per heavy atom. The van der Waals surface area contributed by atoms with Gasteiger partial charge in [-0.15, -0.1) is 0 Å². The number of hydrogen-bond acceptors (Lipinski definition) is 2. The van der Waals surface area contributed by atoms with E-state index in [1.165, 1.54) is 12.8 Å².